The maximum Gasteiger partial charge on any atom is 0.164 e. The third-order valence-electron chi connectivity index (χ3n) is 3.20. The summed E-state index contributed by atoms with van der Waals surface area (Å²) in [6, 6.07) is 5.52. The summed E-state index contributed by atoms with van der Waals surface area (Å²) >= 11 is 9.45. The van der Waals surface area contributed by atoms with Gasteiger partial charge in [0.25, 0.3) is 0 Å². The second-order valence-electron chi connectivity index (χ2n) is 4.38. The third kappa shape index (κ3) is 2.67. The maximum absolute atomic E-state index is 12.1. The molecule has 2 rings (SSSR count). The lowest BCUT2D eigenvalue weighted by Crippen LogP contribution is -2.06. The summed E-state index contributed by atoms with van der Waals surface area (Å²) in [4.78, 5) is 12.1. The predicted molar refractivity (Wildman–Crippen MR) is 70.1 cm³/mol. The van der Waals surface area contributed by atoms with E-state index < -0.39 is 0 Å². The fraction of sp³-hybridized carbons (Fsp3) is 0.462. The number of hydrogen-bond donors (Lipinski definition) is 0. The van der Waals surface area contributed by atoms with Crippen molar-refractivity contribution < 1.29 is 4.79 Å². The first-order chi connectivity index (χ1) is 7.68. The van der Waals surface area contributed by atoms with Crippen LogP contribution in [-0.4, -0.2) is 5.78 Å². The molecule has 16 heavy (non-hydrogen) atoms. The average Bonchev–Trinajstić information content (AvgIpc) is 2.74. The molecule has 0 N–H and O–H groups in total. The van der Waals surface area contributed by atoms with Crippen molar-refractivity contribution in [1.82, 2.24) is 0 Å². The zero-order valence-corrected chi connectivity index (χ0v) is 11.4. The molecule has 1 nitrogen and oxygen atoms in total. The first kappa shape index (κ1) is 12.1. The molecule has 0 heterocycles. The summed E-state index contributed by atoms with van der Waals surface area (Å²) in [7, 11) is 0. The smallest absolute Gasteiger partial charge is 0.164 e. The van der Waals surface area contributed by atoms with Gasteiger partial charge in [0.2, 0.25) is 0 Å². The van der Waals surface area contributed by atoms with E-state index in [1.165, 1.54) is 25.7 Å². The van der Waals surface area contributed by atoms with Gasteiger partial charge in [-0.2, -0.15) is 0 Å². The van der Waals surface area contributed by atoms with Crippen LogP contribution in [-0.2, 0) is 0 Å². The molecule has 0 unspecified atom stereocenters. The van der Waals surface area contributed by atoms with Gasteiger partial charge in [0.05, 0.1) is 5.02 Å². The van der Waals surface area contributed by atoms with E-state index in [9.17, 15) is 4.79 Å². The largest absolute Gasteiger partial charge is 0.294 e. The van der Waals surface area contributed by atoms with Gasteiger partial charge in [-0.25, -0.2) is 0 Å². The van der Waals surface area contributed by atoms with Crippen LogP contribution in [0.3, 0.4) is 0 Å². The summed E-state index contributed by atoms with van der Waals surface area (Å²) < 4.78 is 0.798. The van der Waals surface area contributed by atoms with Crippen molar-refractivity contribution in [2.75, 3.05) is 0 Å². The van der Waals surface area contributed by atoms with Crippen LogP contribution in [0.2, 0.25) is 5.02 Å². The van der Waals surface area contributed by atoms with E-state index in [2.05, 4.69) is 15.9 Å². The van der Waals surface area contributed by atoms with Crippen molar-refractivity contribution in [2.45, 2.75) is 32.1 Å². The Labute approximate surface area is 109 Å². The van der Waals surface area contributed by atoms with E-state index in [4.69, 9.17) is 11.6 Å². The van der Waals surface area contributed by atoms with E-state index in [-0.39, 0.29) is 5.78 Å². The Hall–Kier alpha value is -0.340. The van der Waals surface area contributed by atoms with Crippen molar-refractivity contribution in [3.05, 3.63) is 33.3 Å². The number of benzene rings is 1. The number of rotatable bonds is 3. The highest BCUT2D eigenvalue weighted by atomic mass is 79.9. The molecule has 0 aliphatic heterocycles. The average molecular weight is 302 g/mol. The highest BCUT2D eigenvalue weighted by Crippen LogP contribution is 2.31. The number of ketones is 1. The monoisotopic (exact) mass is 300 g/mol. The first-order valence-corrected chi connectivity index (χ1v) is 6.83. The van der Waals surface area contributed by atoms with Gasteiger partial charge in [0.1, 0.15) is 0 Å². The third-order valence-corrected chi connectivity index (χ3v) is 4.50. The zero-order valence-electron chi connectivity index (χ0n) is 9.01. The molecule has 1 aliphatic rings. The lowest BCUT2D eigenvalue weighted by atomic mass is 9.97. The van der Waals surface area contributed by atoms with E-state index in [1.807, 2.05) is 18.2 Å². The molecule has 0 saturated heterocycles. The number of halogens is 2. The standard InChI is InChI=1S/C13H14BrClO/c14-11-7-3-6-10(13(11)15)12(16)8-9-4-1-2-5-9/h3,6-7,9H,1-2,4-5,8H2. The van der Waals surface area contributed by atoms with Crippen LogP contribution in [0.15, 0.2) is 22.7 Å². The molecule has 1 aromatic rings. The number of carbonyl (C=O) groups excluding carboxylic acids is 1. The molecule has 0 bridgehead atoms. The van der Waals surface area contributed by atoms with E-state index in [0.717, 1.165) is 4.47 Å². The SMILES string of the molecule is O=C(CC1CCCC1)c1cccc(Br)c1Cl. The molecule has 3 heteroatoms. The lowest BCUT2D eigenvalue weighted by Gasteiger charge is -2.09. The van der Waals surface area contributed by atoms with E-state index in [1.54, 1.807) is 0 Å². The van der Waals surface area contributed by atoms with Crippen LogP contribution in [0.1, 0.15) is 42.5 Å². The van der Waals surface area contributed by atoms with E-state index >= 15 is 0 Å². The van der Waals surface area contributed by atoms with Crippen molar-refractivity contribution in [3.8, 4) is 0 Å². The summed E-state index contributed by atoms with van der Waals surface area (Å²) in [5.74, 6) is 0.751. The molecule has 1 aromatic carbocycles. The quantitative estimate of drug-likeness (QED) is 0.728. The normalized spacial score (nSPS) is 16.6. The van der Waals surface area contributed by atoms with Crippen molar-refractivity contribution in [3.63, 3.8) is 0 Å². The minimum atomic E-state index is 0.179. The van der Waals surface area contributed by atoms with Crippen molar-refractivity contribution in [1.29, 1.82) is 0 Å². The van der Waals surface area contributed by atoms with Gasteiger partial charge in [-0.1, -0.05) is 43.4 Å². The van der Waals surface area contributed by atoms with Crippen molar-refractivity contribution >= 4 is 33.3 Å². The topological polar surface area (TPSA) is 17.1 Å². The Morgan fingerprint density at radius 2 is 2.06 bits per heavy atom. The summed E-state index contributed by atoms with van der Waals surface area (Å²) in [5, 5.41) is 0.547. The second kappa shape index (κ2) is 5.33. The Morgan fingerprint density at radius 3 is 2.75 bits per heavy atom. The predicted octanol–water partition coefficient (Wildman–Crippen LogP) is 4.87. The fourth-order valence-corrected chi connectivity index (χ4v) is 2.90. The molecule has 1 fully saturated rings. The van der Waals surface area contributed by atoms with Gasteiger partial charge in [-0.05, 0) is 34.0 Å². The Kier molecular flexibility index (Phi) is 4.04. The molecule has 1 aliphatic carbocycles. The lowest BCUT2D eigenvalue weighted by molar-refractivity contribution is 0.0962. The minimum absolute atomic E-state index is 0.179. The Bertz CT molecular complexity index is 397. The van der Waals surface area contributed by atoms with Crippen LogP contribution < -0.4 is 0 Å². The number of hydrogen-bond acceptors (Lipinski definition) is 1. The highest BCUT2D eigenvalue weighted by molar-refractivity contribution is 9.10. The maximum atomic E-state index is 12.1. The Balaban J connectivity index is 2.11. The van der Waals surface area contributed by atoms with Gasteiger partial charge in [-0.3, -0.25) is 4.79 Å². The van der Waals surface area contributed by atoms with Gasteiger partial charge >= 0.3 is 0 Å². The van der Waals surface area contributed by atoms with Gasteiger partial charge < -0.3 is 0 Å². The number of carbonyl (C=O) groups is 1. The van der Waals surface area contributed by atoms with Crippen LogP contribution in [0.5, 0.6) is 0 Å². The Morgan fingerprint density at radius 1 is 1.38 bits per heavy atom. The molecule has 0 radical (unpaired) electrons. The fourth-order valence-electron chi connectivity index (χ4n) is 2.31. The minimum Gasteiger partial charge on any atom is -0.294 e. The van der Waals surface area contributed by atoms with E-state index in [0.29, 0.717) is 22.9 Å². The first-order valence-electron chi connectivity index (χ1n) is 5.65. The van der Waals surface area contributed by atoms with Crippen molar-refractivity contribution in [2.24, 2.45) is 5.92 Å². The summed E-state index contributed by atoms with van der Waals surface area (Å²) in [5.41, 5.74) is 0.656. The molecular weight excluding hydrogens is 287 g/mol. The van der Waals surface area contributed by atoms with Gasteiger partial charge in [0.15, 0.2) is 5.78 Å². The molecular formula is C13H14BrClO. The molecule has 0 spiro atoms. The molecule has 0 aromatic heterocycles. The zero-order chi connectivity index (χ0) is 11.5. The molecule has 0 atom stereocenters. The number of Topliss-reactive ketones (excluding diaryl/α,β-unsaturated/α-hetero) is 1. The highest BCUT2D eigenvalue weighted by Gasteiger charge is 2.20. The van der Waals surface area contributed by atoms with Crippen LogP contribution in [0.25, 0.3) is 0 Å². The summed E-state index contributed by atoms with van der Waals surface area (Å²) in [6.07, 6.45) is 5.57. The van der Waals surface area contributed by atoms with Crippen LogP contribution in [0.4, 0.5) is 0 Å². The van der Waals surface area contributed by atoms with Gasteiger partial charge in [0, 0.05) is 16.5 Å². The molecule has 1 saturated carbocycles. The molecule has 86 valence electrons. The van der Waals surface area contributed by atoms with Gasteiger partial charge in [-0.15, -0.1) is 0 Å². The van der Waals surface area contributed by atoms with Crippen LogP contribution in [0, 0.1) is 5.92 Å². The summed E-state index contributed by atoms with van der Waals surface area (Å²) in [6.45, 7) is 0. The molecule has 0 amide bonds. The second-order valence-corrected chi connectivity index (χ2v) is 5.61. The van der Waals surface area contributed by atoms with Crippen LogP contribution >= 0.6 is 27.5 Å².